The lowest BCUT2D eigenvalue weighted by Gasteiger charge is -2.24. The molecule has 1 aliphatic rings. The van der Waals surface area contributed by atoms with Crippen LogP contribution in [-0.4, -0.2) is 28.3 Å². The first-order valence-corrected chi connectivity index (χ1v) is 5.60. The highest BCUT2D eigenvalue weighted by atomic mass is 16.5. The molecule has 4 heteroatoms. The average Bonchev–Trinajstić information content (AvgIpc) is 2.78. The summed E-state index contributed by atoms with van der Waals surface area (Å²) < 4.78 is 7.57. The van der Waals surface area contributed by atoms with Gasteiger partial charge < -0.3 is 14.6 Å². The summed E-state index contributed by atoms with van der Waals surface area (Å²) in [4.78, 5) is 4.34. The summed E-state index contributed by atoms with van der Waals surface area (Å²) in [6.07, 6.45) is 6.03. The van der Waals surface area contributed by atoms with E-state index < -0.39 is 0 Å². The third kappa shape index (κ3) is 2.31. The Bertz CT molecular complexity index is 315. The van der Waals surface area contributed by atoms with E-state index in [4.69, 9.17) is 4.74 Å². The maximum absolute atomic E-state index is 5.41. The summed E-state index contributed by atoms with van der Waals surface area (Å²) in [6, 6.07) is 0. The zero-order valence-electron chi connectivity index (χ0n) is 9.49. The fourth-order valence-corrected chi connectivity index (χ4v) is 1.89. The number of aromatic nitrogens is 2. The summed E-state index contributed by atoms with van der Waals surface area (Å²) in [5, 5.41) is 3.48. The summed E-state index contributed by atoms with van der Waals surface area (Å²) in [5.74, 6) is 0.963. The van der Waals surface area contributed by atoms with Gasteiger partial charge in [-0.1, -0.05) is 6.92 Å². The van der Waals surface area contributed by atoms with Gasteiger partial charge in [-0.15, -0.1) is 0 Å². The minimum absolute atomic E-state index is 0.0524. The maximum atomic E-state index is 5.41. The van der Waals surface area contributed by atoms with E-state index in [9.17, 15) is 0 Å². The Morgan fingerprint density at radius 2 is 2.53 bits per heavy atom. The molecule has 1 fully saturated rings. The quantitative estimate of drug-likeness (QED) is 0.823. The van der Waals surface area contributed by atoms with Gasteiger partial charge in [0.15, 0.2) is 0 Å². The van der Waals surface area contributed by atoms with E-state index in [1.54, 1.807) is 0 Å². The number of nitrogens with one attached hydrogen (secondary N) is 1. The van der Waals surface area contributed by atoms with Crippen molar-refractivity contribution in [3.63, 3.8) is 0 Å². The molecule has 15 heavy (non-hydrogen) atoms. The van der Waals surface area contributed by atoms with Crippen LogP contribution in [0.15, 0.2) is 12.4 Å². The van der Waals surface area contributed by atoms with Gasteiger partial charge in [-0.05, 0) is 19.8 Å². The molecule has 1 unspecified atom stereocenters. The second-order valence-electron chi connectivity index (χ2n) is 4.43. The standard InChI is InChI=1S/C11H19N3O/c1-3-6-14-7-5-12-10(14)13-11(2)4-8-15-9-11/h5,7H,3-4,6,8-9H2,1-2H3,(H,12,13). The molecule has 1 atom stereocenters. The molecule has 2 rings (SSSR count). The number of anilines is 1. The van der Waals surface area contributed by atoms with Crippen molar-refractivity contribution in [1.29, 1.82) is 0 Å². The van der Waals surface area contributed by atoms with E-state index in [1.165, 1.54) is 0 Å². The van der Waals surface area contributed by atoms with Crippen LogP contribution in [0.25, 0.3) is 0 Å². The molecule has 0 bridgehead atoms. The Kier molecular flexibility index (Phi) is 2.95. The van der Waals surface area contributed by atoms with Gasteiger partial charge in [0.1, 0.15) is 0 Å². The van der Waals surface area contributed by atoms with Gasteiger partial charge in [0.25, 0.3) is 0 Å². The second kappa shape index (κ2) is 4.23. The topological polar surface area (TPSA) is 39.1 Å². The number of hydrogen-bond donors (Lipinski definition) is 1. The minimum atomic E-state index is 0.0524. The van der Waals surface area contributed by atoms with Crippen molar-refractivity contribution in [2.24, 2.45) is 0 Å². The van der Waals surface area contributed by atoms with Gasteiger partial charge in [-0.2, -0.15) is 0 Å². The molecule has 0 spiro atoms. The summed E-state index contributed by atoms with van der Waals surface area (Å²) in [6.45, 7) is 6.98. The number of ether oxygens (including phenoxy) is 1. The third-order valence-electron chi connectivity index (χ3n) is 2.81. The van der Waals surface area contributed by atoms with Crippen molar-refractivity contribution in [3.8, 4) is 0 Å². The lowest BCUT2D eigenvalue weighted by molar-refractivity contribution is 0.185. The van der Waals surface area contributed by atoms with Gasteiger partial charge in [0.2, 0.25) is 5.95 Å². The first-order valence-electron chi connectivity index (χ1n) is 5.60. The van der Waals surface area contributed by atoms with Gasteiger partial charge >= 0.3 is 0 Å². The highest BCUT2D eigenvalue weighted by molar-refractivity contribution is 5.31. The van der Waals surface area contributed by atoms with Crippen molar-refractivity contribution in [2.75, 3.05) is 18.5 Å². The molecule has 1 aliphatic heterocycles. The zero-order valence-corrected chi connectivity index (χ0v) is 9.49. The second-order valence-corrected chi connectivity index (χ2v) is 4.43. The van der Waals surface area contributed by atoms with Crippen molar-refractivity contribution in [3.05, 3.63) is 12.4 Å². The third-order valence-corrected chi connectivity index (χ3v) is 2.81. The fourth-order valence-electron chi connectivity index (χ4n) is 1.89. The van der Waals surface area contributed by atoms with Crippen molar-refractivity contribution < 1.29 is 4.74 Å². The highest BCUT2D eigenvalue weighted by Gasteiger charge is 2.30. The Morgan fingerprint density at radius 3 is 3.20 bits per heavy atom. The largest absolute Gasteiger partial charge is 0.379 e. The number of nitrogens with zero attached hydrogens (tertiary/aromatic N) is 2. The van der Waals surface area contributed by atoms with Crippen LogP contribution in [0.2, 0.25) is 0 Å². The van der Waals surface area contributed by atoms with E-state index in [0.717, 1.165) is 38.5 Å². The molecular formula is C11H19N3O. The molecule has 1 aromatic rings. The first kappa shape index (κ1) is 10.5. The summed E-state index contributed by atoms with van der Waals surface area (Å²) in [5.41, 5.74) is 0.0524. The van der Waals surface area contributed by atoms with Crippen molar-refractivity contribution >= 4 is 5.95 Å². The lowest BCUT2D eigenvalue weighted by Crippen LogP contribution is -2.36. The predicted octanol–water partition coefficient (Wildman–Crippen LogP) is 1.88. The van der Waals surface area contributed by atoms with Crippen LogP contribution in [0, 0.1) is 0 Å². The van der Waals surface area contributed by atoms with Crippen LogP contribution in [-0.2, 0) is 11.3 Å². The van der Waals surface area contributed by atoms with E-state index in [2.05, 4.69) is 28.7 Å². The molecule has 2 heterocycles. The predicted molar refractivity (Wildman–Crippen MR) is 60.0 cm³/mol. The molecule has 0 aromatic carbocycles. The van der Waals surface area contributed by atoms with E-state index in [-0.39, 0.29) is 5.54 Å². The Labute approximate surface area is 90.6 Å². The molecule has 0 aliphatic carbocycles. The van der Waals surface area contributed by atoms with Crippen LogP contribution < -0.4 is 5.32 Å². The molecule has 1 saturated heterocycles. The van der Waals surface area contributed by atoms with Crippen LogP contribution in [0.4, 0.5) is 5.95 Å². The average molecular weight is 209 g/mol. The van der Waals surface area contributed by atoms with Gasteiger partial charge in [0, 0.05) is 25.5 Å². The molecule has 4 nitrogen and oxygen atoms in total. The SMILES string of the molecule is CCCn1ccnc1NC1(C)CCOC1. The molecule has 0 saturated carbocycles. The van der Waals surface area contributed by atoms with E-state index in [1.807, 2.05) is 12.4 Å². The van der Waals surface area contributed by atoms with Crippen LogP contribution in [0.1, 0.15) is 26.7 Å². The number of imidazole rings is 1. The van der Waals surface area contributed by atoms with Crippen molar-refractivity contribution in [1.82, 2.24) is 9.55 Å². The fraction of sp³-hybridized carbons (Fsp3) is 0.727. The van der Waals surface area contributed by atoms with Crippen LogP contribution in [0.3, 0.4) is 0 Å². The molecule has 0 radical (unpaired) electrons. The van der Waals surface area contributed by atoms with Crippen LogP contribution >= 0.6 is 0 Å². The molecular weight excluding hydrogens is 190 g/mol. The molecule has 1 N–H and O–H groups in total. The number of aryl methyl sites for hydroxylation is 1. The highest BCUT2D eigenvalue weighted by Crippen LogP contribution is 2.22. The summed E-state index contributed by atoms with van der Waals surface area (Å²) >= 11 is 0. The van der Waals surface area contributed by atoms with Crippen molar-refractivity contribution in [2.45, 2.75) is 38.8 Å². The first-order chi connectivity index (χ1) is 7.23. The van der Waals surface area contributed by atoms with Crippen LogP contribution in [0.5, 0.6) is 0 Å². The number of hydrogen-bond acceptors (Lipinski definition) is 3. The minimum Gasteiger partial charge on any atom is -0.379 e. The molecule has 84 valence electrons. The Balaban J connectivity index is 2.06. The monoisotopic (exact) mass is 209 g/mol. The normalized spacial score (nSPS) is 25.7. The Hall–Kier alpha value is -1.03. The number of rotatable bonds is 4. The molecule has 0 amide bonds. The van der Waals surface area contributed by atoms with Gasteiger partial charge in [0.05, 0.1) is 12.1 Å². The maximum Gasteiger partial charge on any atom is 0.203 e. The molecule has 1 aromatic heterocycles. The van der Waals surface area contributed by atoms with Gasteiger partial charge in [-0.3, -0.25) is 0 Å². The van der Waals surface area contributed by atoms with E-state index >= 15 is 0 Å². The summed E-state index contributed by atoms with van der Waals surface area (Å²) in [7, 11) is 0. The zero-order chi connectivity index (χ0) is 10.7. The lowest BCUT2D eigenvalue weighted by atomic mass is 10.0. The smallest absolute Gasteiger partial charge is 0.203 e. The Morgan fingerprint density at radius 1 is 1.67 bits per heavy atom. The van der Waals surface area contributed by atoms with E-state index in [0.29, 0.717) is 0 Å². The van der Waals surface area contributed by atoms with Gasteiger partial charge in [-0.25, -0.2) is 4.98 Å².